The molecule has 56 valence electrons. The highest BCUT2D eigenvalue weighted by Gasteiger charge is 1.96. The smallest absolute Gasteiger partial charge is 0.0875 e. The number of carboxylic acid groups (broad SMARTS) is 1. The lowest BCUT2D eigenvalue weighted by Gasteiger charge is -2.05. The average molecular weight is 140 g/mol. The lowest BCUT2D eigenvalue weighted by molar-refractivity contribution is -0.299. The third-order valence-electron chi connectivity index (χ3n) is 1.19. The molecule has 0 aromatic heterocycles. The molecule has 0 unspecified atom stereocenters. The van der Waals surface area contributed by atoms with Gasteiger partial charge in [0.1, 0.15) is 0 Å². The lowest BCUT2D eigenvalue weighted by atomic mass is 10.1. The first-order valence-electron chi connectivity index (χ1n) is 2.95. The van der Waals surface area contributed by atoms with E-state index in [1.165, 1.54) is 6.08 Å². The summed E-state index contributed by atoms with van der Waals surface area (Å²) in [6, 6.07) is 0. The van der Waals surface area contributed by atoms with E-state index in [2.05, 4.69) is 6.58 Å². The highest BCUT2D eigenvalue weighted by molar-refractivity contribution is 5.85. The van der Waals surface area contributed by atoms with Gasteiger partial charge in [0, 0.05) is 0 Å². The Morgan fingerprint density at radius 3 is 2.40 bits per heavy atom. The SMILES string of the molecule is C=C/C(CC)=C(\N)C(=O)[O-]. The summed E-state index contributed by atoms with van der Waals surface area (Å²) in [6.07, 6.45) is 1.98. The van der Waals surface area contributed by atoms with Crippen molar-refractivity contribution >= 4 is 5.97 Å². The topological polar surface area (TPSA) is 66.2 Å². The summed E-state index contributed by atoms with van der Waals surface area (Å²) in [5.74, 6) is -1.34. The Kier molecular flexibility index (Phi) is 3.25. The van der Waals surface area contributed by atoms with Crippen LogP contribution in [0.3, 0.4) is 0 Å². The fourth-order valence-corrected chi connectivity index (χ4v) is 0.576. The first-order valence-corrected chi connectivity index (χ1v) is 2.95. The van der Waals surface area contributed by atoms with Crippen molar-refractivity contribution in [2.45, 2.75) is 13.3 Å². The summed E-state index contributed by atoms with van der Waals surface area (Å²) in [5.41, 5.74) is 5.42. The van der Waals surface area contributed by atoms with Crippen LogP contribution in [0.4, 0.5) is 0 Å². The van der Waals surface area contributed by atoms with Gasteiger partial charge in [-0.25, -0.2) is 0 Å². The van der Waals surface area contributed by atoms with Crippen LogP contribution in [-0.4, -0.2) is 5.97 Å². The second-order valence-corrected chi connectivity index (χ2v) is 1.78. The molecule has 0 aliphatic heterocycles. The molecule has 0 aromatic rings. The minimum atomic E-state index is -1.34. The van der Waals surface area contributed by atoms with E-state index in [-0.39, 0.29) is 5.70 Å². The number of rotatable bonds is 3. The number of nitrogens with two attached hydrogens (primary N) is 1. The number of carbonyl (C=O) groups excluding carboxylic acids is 1. The van der Waals surface area contributed by atoms with Gasteiger partial charge in [0.2, 0.25) is 0 Å². The molecular formula is C7H10NO2-. The van der Waals surface area contributed by atoms with Gasteiger partial charge in [-0.3, -0.25) is 0 Å². The predicted molar refractivity (Wildman–Crippen MR) is 36.7 cm³/mol. The molecule has 0 rings (SSSR count). The van der Waals surface area contributed by atoms with Crippen molar-refractivity contribution in [3.63, 3.8) is 0 Å². The molecule has 0 heterocycles. The van der Waals surface area contributed by atoms with E-state index in [0.717, 1.165) is 0 Å². The second-order valence-electron chi connectivity index (χ2n) is 1.78. The lowest BCUT2D eigenvalue weighted by Crippen LogP contribution is -2.29. The first-order chi connectivity index (χ1) is 4.63. The minimum Gasteiger partial charge on any atom is -0.543 e. The molecule has 0 saturated heterocycles. The van der Waals surface area contributed by atoms with Gasteiger partial charge in [-0.1, -0.05) is 19.6 Å². The van der Waals surface area contributed by atoms with Crippen LogP contribution in [0.2, 0.25) is 0 Å². The summed E-state index contributed by atoms with van der Waals surface area (Å²) in [4.78, 5) is 10.1. The highest BCUT2D eigenvalue weighted by atomic mass is 16.4. The average Bonchev–Trinajstić information content (AvgIpc) is 1.90. The van der Waals surface area contributed by atoms with Crippen molar-refractivity contribution in [2.75, 3.05) is 0 Å². The van der Waals surface area contributed by atoms with Gasteiger partial charge in [0.25, 0.3) is 0 Å². The maximum absolute atomic E-state index is 10.1. The van der Waals surface area contributed by atoms with E-state index in [4.69, 9.17) is 5.73 Å². The van der Waals surface area contributed by atoms with Gasteiger partial charge in [-0.2, -0.15) is 0 Å². The number of hydrogen-bond acceptors (Lipinski definition) is 3. The van der Waals surface area contributed by atoms with Gasteiger partial charge in [0.05, 0.1) is 11.7 Å². The molecule has 10 heavy (non-hydrogen) atoms. The Hall–Kier alpha value is -1.25. The zero-order valence-corrected chi connectivity index (χ0v) is 5.89. The number of hydrogen-bond donors (Lipinski definition) is 1. The van der Waals surface area contributed by atoms with Crippen molar-refractivity contribution in [1.29, 1.82) is 0 Å². The van der Waals surface area contributed by atoms with E-state index in [0.29, 0.717) is 12.0 Å². The molecule has 0 radical (unpaired) electrons. The Bertz CT molecular complexity index is 182. The summed E-state index contributed by atoms with van der Waals surface area (Å²) in [7, 11) is 0. The van der Waals surface area contributed by atoms with Gasteiger partial charge in [0.15, 0.2) is 0 Å². The Balaban J connectivity index is 4.59. The molecule has 0 aliphatic rings. The van der Waals surface area contributed by atoms with Gasteiger partial charge < -0.3 is 15.6 Å². The molecule has 3 heteroatoms. The molecule has 0 bridgehead atoms. The summed E-state index contributed by atoms with van der Waals surface area (Å²) in [6.45, 7) is 5.20. The van der Waals surface area contributed by atoms with E-state index < -0.39 is 5.97 Å². The van der Waals surface area contributed by atoms with Gasteiger partial charge in [-0.05, 0) is 12.0 Å². The van der Waals surface area contributed by atoms with Crippen molar-refractivity contribution in [2.24, 2.45) is 5.73 Å². The summed E-state index contributed by atoms with van der Waals surface area (Å²) >= 11 is 0. The Morgan fingerprint density at radius 1 is 1.80 bits per heavy atom. The number of aliphatic carboxylic acids is 1. The largest absolute Gasteiger partial charge is 0.543 e. The predicted octanol–water partition coefficient (Wildman–Crippen LogP) is -0.455. The van der Waals surface area contributed by atoms with Gasteiger partial charge in [-0.15, -0.1) is 0 Å². The van der Waals surface area contributed by atoms with Crippen LogP contribution in [0.25, 0.3) is 0 Å². The van der Waals surface area contributed by atoms with Crippen molar-refractivity contribution < 1.29 is 9.90 Å². The number of carboxylic acids is 1. The highest BCUT2D eigenvalue weighted by Crippen LogP contribution is 2.03. The van der Waals surface area contributed by atoms with Crippen molar-refractivity contribution in [3.8, 4) is 0 Å². The van der Waals surface area contributed by atoms with Crippen LogP contribution in [0, 0.1) is 0 Å². The molecule has 0 amide bonds. The molecule has 2 N–H and O–H groups in total. The fraction of sp³-hybridized carbons (Fsp3) is 0.286. The summed E-state index contributed by atoms with van der Waals surface area (Å²) in [5, 5.41) is 10.1. The van der Waals surface area contributed by atoms with Crippen molar-refractivity contribution in [3.05, 3.63) is 23.9 Å². The van der Waals surface area contributed by atoms with E-state index >= 15 is 0 Å². The molecule has 0 saturated carbocycles. The third kappa shape index (κ3) is 1.93. The van der Waals surface area contributed by atoms with Crippen LogP contribution in [0.15, 0.2) is 23.9 Å². The standard InChI is InChI=1S/C7H11NO2/c1-3-5(4-2)6(8)7(9)10/h3H,1,4,8H2,2H3,(H,9,10)/p-1/b6-5+. The first kappa shape index (κ1) is 8.75. The van der Waals surface area contributed by atoms with Crippen LogP contribution < -0.4 is 10.8 Å². The summed E-state index contributed by atoms with van der Waals surface area (Å²) < 4.78 is 0. The third-order valence-corrected chi connectivity index (χ3v) is 1.19. The molecule has 3 nitrogen and oxygen atoms in total. The molecule has 0 aliphatic carbocycles. The second kappa shape index (κ2) is 3.71. The van der Waals surface area contributed by atoms with Crippen LogP contribution in [-0.2, 0) is 4.79 Å². The fourth-order valence-electron chi connectivity index (χ4n) is 0.576. The van der Waals surface area contributed by atoms with E-state index in [9.17, 15) is 9.90 Å². The number of carbonyl (C=O) groups is 1. The van der Waals surface area contributed by atoms with Gasteiger partial charge >= 0.3 is 0 Å². The maximum Gasteiger partial charge on any atom is 0.0875 e. The normalized spacial score (nSPS) is 12.1. The Labute approximate surface area is 59.8 Å². The minimum absolute atomic E-state index is 0.225. The molecular weight excluding hydrogens is 130 g/mol. The van der Waals surface area contributed by atoms with Crippen LogP contribution in [0.5, 0.6) is 0 Å². The maximum atomic E-state index is 10.1. The zero-order chi connectivity index (χ0) is 8.15. The molecule has 0 aromatic carbocycles. The zero-order valence-electron chi connectivity index (χ0n) is 5.89. The molecule has 0 fully saturated rings. The quantitative estimate of drug-likeness (QED) is 0.426. The van der Waals surface area contributed by atoms with Crippen LogP contribution >= 0.6 is 0 Å². The van der Waals surface area contributed by atoms with E-state index in [1.807, 2.05) is 0 Å². The Morgan fingerprint density at radius 2 is 2.30 bits per heavy atom. The van der Waals surface area contributed by atoms with Crippen molar-refractivity contribution in [1.82, 2.24) is 0 Å². The molecule has 0 spiro atoms. The molecule has 0 atom stereocenters. The van der Waals surface area contributed by atoms with Crippen LogP contribution in [0.1, 0.15) is 13.3 Å². The number of allylic oxidation sites excluding steroid dienone is 2. The van der Waals surface area contributed by atoms with E-state index in [1.54, 1.807) is 6.92 Å². The monoisotopic (exact) mass is 140 g/mol.